The number of benzene rings is 1. The minimum atomic E-state index is -0.323. The monoisotopic (exact) mass is 236 g/mol. The highest BCUT2D eigenvalue weighted by Crippen LogP contribution is 2.24. The number of hydrogen-bond acceptors (Lipinski definition) is 3. The average Bonchev–Trinajstić information content (AvgIpc) is 2.35. The van der Waals surface area contributed by atoms with Gasteiger partial charge < -0.3 is 5.32 Å². The van der Waals surface area contributed by atoms with Gasteiger partial charge in [0.15, 0.2) is 0 Å². The van der Waals surface area contributed by atoms with Gasteiger partial charge in [0.2, 0.25) is 0 Å². The standard InChI is InChI=1S/C13H20N2O2/c1-4-10(2)9-14-11(3)12-7-5-6-8-13(12)15(16)17/h5-8,10-11,14H,4,9H2,1-3H3. The van der Waals surface area contributed by atoms with Crippen LogP contribution in [0.3, 0.4) is 0 Å². The molecule has 0 bridgehead atoms. The van der Waals surface area contributed by atoms with Crippen LogP contribution >= 0.6 is 0 Å². The molecule has 0 spiro atoms. The molecule has 0 amide bonds. The fourth-order valence-corrected chi connectivity index (χ4v) is 1.65. The lowest BCUT2D eigenvalue weighted by Crippen LogP contribution is -2.24. The number of nitrogens with one attached hydrogen (secondary N) is 1. The Morgan fingerprint density at radius 3 is 2.59 bits per heavy atom. The van der Waals surface area contributed by atoms with Crippen LogP contribution in [0.15, 0.2) is 24.3 Å². The van der Waals surface area contributed by atoms with Crippen LogP contribution in [-0.2, 0) is 0 Å². The highest BCUT2D eigenvalue weighted by atomic mass is 16.6. The van der Waals surface area contributed by atoms with Crippen LogP contribution < -0.4 is 5.32 Å². The highest BCUT2D eigenvalue weighted by molar-refractivity contribution is 5.41. The van der Waals surface area contributed by atoms with E-state index in [1.54, 1.807) is 12.1 Å². The third kappa shape index (κ3) is 3.82. The Morgan fingerprint density at radius 1 is 1.35 bits per heavy atom. The van der Waals surface area contributed by atoms with Crippen molar-refractivity contribution in [2.75, 3.05) is 6.54 Å². The summed E-state index contributed by atoms with van der Waals surface area (Å²) in [6, 6.07) is 6.90. The number of para-hydroxylation sites is 1. The quantitative estimate of drug-likeness (QED) is 0.609. The number of hydrogen-bond donors (Lipinski definition) is 1. The van der Waals surface area contributed by atoms with Crippen LogP contribution in [0.5, 0.6) is 0 Å². The first kappa shape index (κ1) is 13.6. The first-order chi connectivity index (χ1) is 8.06. The predicted molar refractivity (Wildman–Crippen MR) is 69.0 cm³/mol. The van der Waals surface area contributed by atoms with Crippen molar-refractivity contribution in [2.24, 2.45) is 5.92 Å². The van der Waals surface area contributed by atoms with Crippen molar-refractivity contribution in [1.29, 1.82) is 0 Å². The molecule has 4 nitrogen and oxygen atoms in total. The van der Waals surface area contributed by atoms with E-state index in [4.69, 9.17) is 0 Å². The van der Waals surface area contributed by atoms with Gasteiger partial charge in [-0.15, -0.1) is 0 Å². The van der Waals surface area contributed by atoms with Gasteiger partial charge in [0.25, 0.3) is 5.69 Å². The van der Waals surface area contributed by atoms with Gasteiger partial charge in [-0.3, -0.25) is 10.1 Å². The number of nitro benzene ring substituents is 1. The molecule has 0 saturated heterocycles. The lowest BCUT2D eigenvalue weighted by atomic mass is 10.0. The molecule has 0 aliphatic rings. The number of nitrogens with zero attached hydrogens (tertiary/aromatic N) is 1. The van der Waals surface area contributed by atoms with Crippen LogP contribution in [0.1, 0.15) is 38.8 Å². The summed E-state index contributed by atoms with van der Waals surface area (Å²) < 4.78 is 0. The Hall–Kier alpha value is -1.42. The molecule has 17 heavy (non-hydrogen) atoms. The minimum absolute atomic E-state index is 0.00519. The van der Waals surface area contributed by atoms with E-state index in [1.165, 1.54) is 0 Å². The van der Waals surface area contributed by atoms with Crippen molar-refractivity contribution >= 4 is 5.69 Å². The second kappa shape index (κ2) is 6.35. The average molecular weight is 236 g/mol. The van der Waals surface area contributed by atoms with Crippen LogP contribution in [0.25, 0.3) is 0 Å². The maximum absolute atomic E-state index is 10.9. The van der Waals surface area contributed by atoms with E-state index in [1.807, 2.05) is 19.1 Å². The molecule has 0 radical (unpaired) electrons. The van der Waals surface area contributed by atoms with Crippen LogP contribution in [0.4, 0.5) is 5.69 Å². The normalized spacial score (nSPS) is 14.3. The zero-order chi connectivity index (χ0) is 12.8. The van der Waals surface area contributed by atoms with Crippen molar-refractivity contribution < 1.29 is 4.92 Å². The molecule has 4 heteroatoms. The molecule has 1 rings (SSSR count). The first-order valence-electron chi connectivity index (χ1n) is 6.03. The fraction of sp³-hybridized carbons (Fsp3) is 0.538. The highest BCUT2D eigenvalue weighted by Gasteiger charge is 2.17. The van der Waals surface area contributed by atoms with E-state index in [2.05, 4.69) is 19.2 Å². The molecular formula is C13H20N2O2. The summed E-state index contributed by atoms with van der Waals surface area (Å²) in [4.78, 5) is 10.6. The summed E-state index contributed by atoms with van der Waals surface area (Å²) in [7, 11) is 0. The third-order valence-corrected chi connectivity index (χ3v) is 3.07. The molecule has 1 aromatic carbocycles. The first-order valence-corrected chi connectivity index (χ1v) is 6.03. The molecule has 0 fully saturated rings. The van der Waals surface area contributed by atoms with Gasteiger partial charge in [0, 0.05) is 17.7 Å². The second-order valence-corrected chi connectivity index (χ2v) is 4.46. The minimum Gasteiger partial charge on any atom is -0.310 e. The molecule has 2 atom stereocenters. The third-order valence-electron chi connectivity index (χ3n) is 3.07. The number of nitro groups is 1. The maximum Gasteiger partial charge on any atom is 0.274 e. The van der Waals surface area contributed by atoms with Gasteiger partial charge >= 0.3 is 0 Å². The Labute approximate surface area is 102 Å². The van der Waals surface area contributed by atoms with E-state index < -0.39 is 0 Å². The Balaban J connectivity index is 2.74. The molecule has 0 aliphatic carbocycles. The van der Waals surface area contributed by atoms with Crippen molar-refractivity contribution in [3.05, 3.63) is 39.9 Å². The Bertz CT molecular complexity index is 379. The van der Waals surface area contributed by atoms with Crippen molar-refractivity contribution in [1.82, 2.24) is 5.32 Å². The van der Waals surface area contributed by atoms with Gasteiger partial charge in [0.1, 0.15) is 0 Å². The molecule has 0 saturated carbocycles. The molecule has 0 aliphatic heterocycles. The molecule has 1 aromatic rings. The second-order valence-electron chi connectivity index (χ2n) is 4.46. The molecule has 0 heterocycles. The van der Waals surface area contributed by atoms with Crippen LogP contribution in [-0.4, -0.2) is 11.5 Å². The summed E-state index contributed by atoms with van der Waals surface area (Å²) in [6.07, 6.45) is 1.11. The summed E-state index contributed by atoms with van der Waals surface area (Å²) in [6.45, 7) is 7.15. The molecular weight excluding hydrogens is 216 g/mol. The summed E-state index contributed by atoms with van der Waals surface area (Å²) >= 11 is 0. The summed E-state index contributed by atoms with van der Waals surface area (Å²) in [5.41, 5.74) is 0.942. The zero-order valence-corrected chi connectivity index (χ0v) is 10.6. The lowest BCUT2D eigenvalue weighted by molar-refractivity contribution is -0.385. The van der Waals surface area contributed by atoms with E-state index in [0.29, 0.717) is 5.92 Å². The summed E-state index contributed by atoms with van der Waals surface area (Å²) in [5.74, 6) is 0.584. The van der Waals surface area contributed by atoms with Crippen LogP contribution in [0.2, 0.25) is 0 Å². The van der Waals surface area contributed by atoms with Gasteiger partial charge in [-0.05, 0) is 19.4 Å². The van der Waals surface area contributed by atoms with E-state index in [9.17, 15) is 10.1 Å². The maximum atomic E-state index is 10.9. The molecule has 0 aromatic heterocycles. The van der Waals surface area contributed by atoms with Gasteiger partial charge in [-0.2, -0.15) is 0 Å². The molecule has 1 N–H and O–H groups in total. The van der Waals surface area contributed by atoms with E-state index in [0.717, 1.165) is 18.5 Å². The summed E-state index contributed by atoms with van der Waals surface area (Å²) in [5, 5.41) is 14.2. The topological polar surface area (TPSA) is 55.2 Å². The lowest BCUT2D eigenvalue weighted by Gasteiger charge is -2.17. The van der Waals surface area contributed by atoms with Crippen molar-refractivity contribution in [3.8, 4) is 0 Å². The molecule has 94 valence electrons. The van der Waals surface area contributed by atoms with Crippen molar-refractivity contribution in [2.45, 2.75) is 33.2 Å². The van der Waals surface area contributed by atoms with Gasteiger partial charge in [0.05, 0.1) is 4.92 Å². The Kier molecular flexibility index (Phi) is 5.10. The fourth-order valence-electron chi connectivity index (χ4n) is 1.65. The Morgan fingerprint density at radius 2 is 2.00 bits per heavy atom. The van der Waals surface area contributed by atoms with Gasteiger partial charge in [-0.1, -0.05) is 38.5 Å². The SMILES string of the molecule is CCC(C)CNC(C)c1ccccc1[N+](=O)[O-]. The largest absolute Gasteiger partial charge is 0.310 e. The molecule has 2 unspecified atom stereocenters. The number of rotatable bonds is 6. The smallest absolute Gasteiger partial charge is 0.274 e. The van der Waals surface area contributed by atoms with E-state index in [-0.39, 0.29) is 16.7 Å². The van der Waals surface area contributed by atoms with E-state index >= 15 is 0 Å². The van der Waals surface area contributed by atoms with Crippen LogP contribution in [0, 0.1) is 16.0 Å². The predicted octanol–water partition coefficient (Wildman–Crippen LogP) is 3.29. The zero-order valence-electron chi connectivity index (χ0n) is 10.6. The van der Waals surface area contributed by atoms with Crippen molar-refractivity contribution in [3.63, 3.8) is 0 Å². The van der Waals surface area contributed by atoms with Gasteiger partial charge in [-0.25, -0.2) is 0 Å².